The molecule has 2 atom stereocenters. The molecule has 2 aliphatic heterocycles. The van der Waals surface area contributed by atoms with Crippen LogP contribution in [0.25, 0.3) is 0 Å². The molecule has 0 aliphatic carbocycles. The standard InChI is InChI=1S/C18H24N2O4S2/c1-12(2)17(21)19-18-20(15-10-26(22,23)11-16(15)25-18)9-8-13-4-6-14(24-3)7-5-13/h4-7,12,15-16H,8-11H2,1-3H3/t15-,16+/m1/s1. The molecule has 0 unspecified atom stereocenters. The Hall–Kier alpha value is -1.54. The Morgan fingerprint density at radius 3 is 2.62 bits per heavy atom. The van der Waals surface area contributed by atoms with Crippen LogP contribution in [0.1, 0.15) is 19.4 Å². The molecule has 2 aliphatic rings. The highest BCUT2D eigenvalue weighted by Crippen LogP contribution is 2.38. The summed E-state index contributed by atoms with van der Waals surface area (Å²) in [6.45, 7) is 4.28. The molecule has 2 heterocycles. The summed E-state index contributed by atoms with van der Waals surface area (Å²) in [6.07, 6.45) is 0.753. The average Bonchev–Trinajstić information content (AvgIpc) is 3.04. The largest absolute Gasteiger partial charge is 0.497 e. The fraction of sp³-hybridized carbons (Fsp3) is 0.556. The Morgan fingerprint density at radius 1 is 1.31 bits per heavy atom. The first-order valence-electron chi connectivity index (χ1n) is 8.68. The van der Waals surface area contributed by atoms with Crippen LogP contribution < -0.4 is 4.74 Å². The summed E-state index contributed by atoms with van der Waals surface area (Å²) in [5.41, 5.74) is 1.13. The quantitative estimate of drug-likeness (QED) is 0.758. The fourth-order valence-corrected chi connectivity index (χ4v) is 7.15. The number of ether oxygens (including phenoxy) is 1. The molecule has 3 rings (SSSR count). The number of amides is 1. The highest BCUT2D eigenvalue weighted by molar-refractivity contribution is 8.15. The van der Waals surface area contributed by atoms with E-state index in [0.717, 1.165) is 17.7 Å². The van der Waals surface area contributed by atoms with E-state index in [9.17, 15) is 13.2 Å². The second-order valence-electron chi connectivity index (χ2n) is 6.98. The number of methoxy groups -OCH3 is 1. The number of aliphatic imine (C=N–C) groups is 1. The van der Waals surface area contributed by atoms with Gasteiger partial charge in [0.15, 0.2) is 15.0 Å². The molecule has 1 aromatic rings. The topological polar surface area (TPSA) is 76.0 Å². The van der Waals surface area contributed by atoms with E-state index in [1.165, 1.54) is 11.8 Å². The van der Waals surface area contributed by atoms with E-state index in [-0.39, 0.29) is 34.6 Å². The molecule has 26 heavy (non-hydrogen) atoms. The average molecular weight is 397 g/mol. The summed E-state index contributed by atoms with van der Waals surface area (Å²) in [4.78, 5) is 18.4. The van der Waals surface area contributed by atoms with E-state index in [2.05, 4.69) is 4.99 Å². The van der Waals surface area contributed by atoms with Gasteiger partial charge in [0.05, 0.1) is 24.7 Å². The van der Waals surface area contributed by atoms with E-state index in [1.807, 2.05) is 43.0 Å². The summed E-state index contributed by atoms with van der Waals surface area (Å²) in [5.74, 6) is 0.774. The predicted octanol–water partition coefficient (Wildman–Crippen LogP) is 1.99. The summed E-state index contributed by atoms with van der Waals surface area (Å²) >= 11 is 1.43. The van der Waals surface area contributed by atoms with E-state index in [1.54, 1.807) is 7.11 Å². The number of carbonyl (C=O) groups is 1. The third kappa shape index (κ3) is 4.23. The lowest BCUT2D eigenvalue weighted by atomic mass is 10.1. The molecule has 0 bridgehead atoms. The van der Waals surface area contributed by atoms with Crippen molar-refractivity contribution in [2.24, 2.45) is 10.9 Å². The number of thioether (sulfide) groups is 1. The van der Waals surface area contributed by atoms with E-state index < -0.39 is 9.84 Å². The lowest BCUT2D eigenvalue weighted by Crippen LogP contribution is -2.39. The number of amidine groups is 1. The van der Waals surface area contributed by atoms with Crippen LogP contribution in [-0.2, 0) is 21.1 Å². The monoisotopic (exact) mass is 396 g/mol. The lowest BCUT2D eigenvalue weighted by molar-refractivity contribution is -0.120. The number of rotatable bonds is 5. The molecular formula is C18H24N2O4S2. The first-order valence-corrected chi connectivity index (χ1v) is 11.4. The van der Waals surface area contributed by atoms with Gasteiger partial charge in [-0.25, -0.2) is 8.42 Å². The second-order valence-corrected chi connectivity index (χ2v) is 10.3. The lowest BCUT2D eigenvalue weighted by Gasteiger charge is -2.24. The third-order valence-electron chi connectivity index (χ3n) is 4.68. The van der Waals surface area contributed by atoms with Gasteiger partial charge < -0.3 is 9.64 Å². The molecule has 142 valence electrons. The fourth-order valence-electron chi connectivity index (χ4n) is 3.16. The van der Waals surface area contributed by atoms with Gasteiger partial charge in [-0.1, -0.05) is 37.7 Å². The smallest absolute Gasteiger partial charge is 0.250 e. The van der Waals surface area contributed by atoms with Crippen molar-refractivity contribution in [2.45, 2.75) is 31.6 Å². The zero-order valence-corrected chi connectivity index (χ0v) is 16.8. The second kappa shape index (κ2) is 7.60. The molecule has 2 saturated heterocycles. The van der Waals surface area contributed by atoms with Crippen molar-refractivity contribution in [1.29, 1.82) is 0 Å². The van der Waals surface area contributed by atoms with Gasteiger partial charge in [-0.05, 0) is 24.1 Å². The van der Waals surface area contributed by atoms with Gasteiger partial charge in [0.2, 0.25) is 0 Å². The van der Waals surface area contributed by atoms with E-state index in [0.29, 0.717) is 11.7 Å². The van der Waals surface area contributed by atoms with E-state index >= 15 is 0 Å². The Bertz CT molecular complexity index is 803. The first-order chi connectivity index (χ1) is 12.3. The van der Waals surface area contributed by atoms with Gasteiger partial charge in [0.25, 0.3) is 5.91 Å². The van der Waals surface area contributed by atoms with Crippen molar-refractivity contribution in [3.8, 4) is 5.75 Å². The van der Waals surface area contributed by atoms with Crippen LogP contribution in [0.15, 0.2) is 29.3 Å². The van der Waals surface area contributed by atoms with Crippen LogP contribution in [0, 0.1) is 5.92 Å². The van der Waals surface area contributed by atoms with Crippen molar-refractivity contribution in [1.82, 2.24) is 4.90 Å². The van der Waals surface area contributed by atoms with Crippen molar-refractivity contribution >= 4 is 32.7 Å². The zero-order chi connectivity index (χ0) is 18.9. The number of carbonyl (C=O) groups excluding carboxylic acids is 1. The van der Waals surface area contributed by atoms with Gasteiger partial charge >= 0.3 is 0 Å². The maximum Gasteiger partial charge on any atom is 0.250 e. The van der Waals surface area contributed by atoms with E-state index in [4.69, 9.17) is 4.74 Å². The normalized spacial score (nSPS) is 25.7. The first kappa shape index (κ1) is 19.2. The number of hydrogen-bond acceptors (Lipinski definition) is 5. The number of hydrogen-bond donors (Lipinski definition) is 0. The minimum absolute atomic E-state index is 0.0328. The molecule has 0 N–H and O–H groups in total. The Labute approximate surface area is 158 Å². The van der Waals surface area contributed by atoms with Crippen molar-refractivity contribution in [2.75, 3.05) is 25.2 Å². The molecule has 0 radical (unpaired) electrons. The minimum atomic E-state index is -3.02. The number of nitrogens with zero attached hydrogens (tertiary/aromatic N) is 2. The Kier molecular flexibility index (Phi) is 5.62. The van der Waals surface area contributed by atoms with Crippen molar-refractivity contribution in [3.05, 3.63) is 29.8 Å². The van der Waals surface area contributed by atoms with Crippen molar-refractivity contribution in [3.63, 3.8) is 0 Å². The molecule has 1 aromatic carbocycles. The molecule has 0 spiro atoms. The molecule has 6 nitrogen and oxygen atoms in total. The van der Waals surface area contributed by atoms with Gasteiger partial charge in [-0.2, -0.15) is 4.99 Å². The number of benzene rings is 1. The number of sulfone groups is 1. The SMILES string of the molecule is COc1ccc(CCN2C(=NC(=O)C(C)C)S[C@H]3CS(=O)(=O)C[C@H]32)cc1. The summed E-state index contributed by atoms with van der Waals surface area (Å²) in [5, 5.41) is 0.636. The van der Waals surface area contributed by atoms with Crippen LogP contribution in [-0.4, -0.2) is 60.8 Å². The van der Waals surface area contributed by atoms with Crippen LogP contribution >= 0.6 is 11.8 Å². The van der Waals surface area contributed by atoms with Crippen LogP contribution in [0.5, 0.6) is 5.75 Å². The molecule has 0 aromatic heterocycles. The number of fused-ring (bicyclic) bond motifs is 1. The molecule has 2 fully saturated rings. The summed E-state index contributed by atoms with van der Waals surface area (Å²) in [6, 6.07) is 7.73. The van der Waals surface area contributed by atoms with Gasteiger partial charge in [0, 0.05) is 17.7 Å². The predicted molar refractivity (Wildman–Crippen MR) is 105 cm³/mol. The van der Waals surface area contributed by atoms with Gasteiger partial charge in [0.1, 0.15) is 5.75 Å². The zero-order valence-electron chi connectivity index (χ0n) is 15.2. The maximum absolute atomic E-state index is 12.1. The maximum atomic E-state index is 12.1. The summed E-state index contributed by atoms with van der Waals surface area (Å²) < 4.78 is 29.2. The van der Waals surface area contributed by atoms with Crippen LogP contribution in [0.4, 0.5) is 0 Å². The molecule has 0 saturated carbocycles. The Balaban J connectivity index is 1.77. The van der Waals surface area contributed by atoms with Gasteiger partial charge in [-0.3, -0.25) is 4.79 Å². The highest BCUT2D eigenvalue weighted by Gasteiger charge is 2.48. The molecular weight excluding hydrogens is 372 g/mol. The Morgan fingerprint density at radius 2 is 2.00 bits per heavy atom. The van der Waals surface area contributed by atoms with Crippen molar-refractivity contribution < 1.29 is 17.9 Å². The molecule has 8 heteroatoms. The van der Waals surface area contributed by atoms with Crippen LogP contribution in [0.2, 0.25) is 0 Å². The third-order valence-corrected chi connectivity index (χ3v) is 7.92. The minimum Gasteiger partial charge on any atom is -0.497 e. The summed E-state index contributed by atoms with van der Waals surface area (Å²) in [7, 11) is -1.39. The molecule has 1 amide bonds. The van der Waals surface area contributed by atoms with Crippen LogP contribution in [0.3, 0.4) is 0 Å². The van der Waals surface area contributed by atoms with Gasteiger partial charge in [-0.15, -0.1) is 0 Å². The highest BCUT2D eigenvalue weighted by atomic mass is 32.2.